The summed E-state index contributed by atoms with van der Waals surface area (Å²) in [6, 6.07) is 0. The van der Waals surface area contributed by atoms with E-state index in [0.717, 1.165) is 25.7 Å². The normalized spacial score (nSPS) is 46.9. The van der Waals surface area contributed by atoms with Gasteiger partial charge in [-0.25, -0.2) is 0 Å². The first-order chi connectivity index (χ1) is 11.7. The summed E-state index contributed by atoms with van der Waals surface area (Å²) >= 11 is 0. The van der Waals surface area contributed by atoms with Gasteiger partial charge in [0.15, 0.2) is 11.4 Å². The summed E-state index contributed by atoms with van der Waals surface area (Å²) in [5, 5.41) is 10.7. The van der Waals surface area contributed by atoms with Crippen molar-refractivity contribution in [3.63, 3.8) is 0 Å². The third kappa shape index (κ3) is 2.23. The summed E-state index contributed by atoms with van der Waals surface area (Å²) in [5.74, 6) is 1.21. The fourth-order valence-electron chi connectivity index (χ4n) is 7.17. The third-order valence-corrected chi connectivity index (χ3v) is 8.25. The van der Waals surface area contributed by atoms with E-state index in [2.05, 4.69) is 0 Å². The second kappa shape index (κ2) is 5.58. The molecule has 0 amide bonds. The molecular formula is C20H27F3O2. The molecule has 4 aliphatic rings. The van der Waals surface area contributed by atoms with Crippen molar-refractivity contribution in [3.8, 4) is 0 Å². The summed E-state index contributed by atoms with van der Waals surface area (Å²) in [7, 11) is 0. The average molecular weight is 356 g/mol. The number of halogens is 3. The Morgan fingerprint density at radius 2 is 1.88 bits per heavy atom. The van der Waals surface area contributed by atoms with E-state index in [1.165, 1.54) is 5.57 Å². The maximum Gasteiger partial charge on any atom is 0.417 e. The molecular weight excluding hydrogens is 329 g/mol. The van der Waals surface area contributed by atoms with Crippen LogP contribution in [0, 0.1) is 29.1 Å². The van der Waals surface area contributed by atoms with E-state index in [1.54, 1.807) is 0 Å². The van der Waals surface area contributed by atoms with Gasteiger partial charge in [-0.1, -0.05) is 12.5 Å². The van der Waals surface area contributed by atoms with Gasteiger partial charge in [-0.3, -0.25) is 4.79 Å². The highest BCUT2D eigenvalue weighted by Crippen LogP contribution is 2.69. The Bertz CT molecular complexity index is 611. The third-order valence-electron chi connectivity index (χ3n) is 8.25. The minimum atomic E-state index is -4.55. The zero-order valence-corrected chi connectivity index (χ0v) is 14.7. The lowest BCUT2D eigenvalue weighted by Crippen LogP contribution is -2.60. The van der Waals surface area contributed by atoms with Crippen LogP contribution in [0.15, 0.2) is 11.6 Å². The zero-order valence-electron chi connectivity index (χ0n) is 14.7. The maximum absolute atomic E-state index is 13.8. The SMILES string of the molecule is CCC12CC[C@H]3[C@@H](CCC4=CC(=O)CC[C@@H]43)[C@@H]1CC[C@@]2(O)C(F)(F)F. The largest absolute Gasteiger partial charge is 0.417 e. The Morgan fingerprint density at radius 1 is 1.12 bits per heavy atom. The standard InChI is InChI=1S/C20H27F3O2/c1-2-18-9-7-15-14-6-4-13(24)11-12(14)3-5-16(15)17(18)8-10-19(18,25)20(21,22)23/h11,14-17,25H,2-10H2,1H3/t14-,15+,16+,17-,18?,19-/m0/s1. The van der Waals surface area contributed by atoms with Crippen LogP contribution in [0.5, 0.6) is 0 Å². The van der Waals surface area contributed by atoms with Crippen LogP contribution in [-0.4, -0.2) is 22.7 Å². The number of hydrogen-bond donors (Lipinski definition) is 1. The number of aliphatic hydroxyl groups is 1. The summed E-state index contributed by atoms with van der Waals surface area (Å²) in [6.07, 6.45) is 2.36. The molecule has 0 saturated heterocycles. The summed E-state index contributed by atoms with van der Waals surface area (Å²) in [5.41, 5.74) is -2.30. The molecule has 6 atom stereocenters. The smallest absolute Gasteiger partial charge is 0.380 e. The van der Waals surface area contributed by atoms with E-state index in [1.807, 2.05) is 13.0 Å². The fraction of sp³-hybridized carbons (Fsp3) is 0.850. The van der Waals surface area contributed by atoms with Crippen LogP contribution < -0.4 is 0 Å². The van der Waals surface area contributed by atoms with Gasteiger partial charge in [0.25, 0.3) is 0 Å². The molecule has 3 saturated carbocycles. The first-order valence-corrected chi connectivity index (χ1v) is 9.76. The first kappa shape index (κ1) is 17.6. The van der Waals surface area contributed by atoms with Gasteiger partial charge in [0.05, 0.1) is 0 Å². The topological polar surface area (TPSA) is 37.3 Å². The van der Waals surface area contributed by atoms with Crippen LogP contribution in [0.2, 0.25) is 0 Å². The predicted molar refractivity (Wildman–Crippen MR) is 87.7 cm³/mol. The number of allylic oxidation sites excluding steroid dienone is 1. The minimum absolute atomic E-state index is 0.0398. The van der Waals surface area contributed by atoms with Gasteiger partial charge in [-0.2, -0.15) is 13.2 Å². The lowest BCUT2D eigenvalue weighted by atomic mass is 9.49. The van der Waals surface area contributed by atoms with Crippen molar-refractivity contribution in [2.24, 2.45) is 29.1 Å². The average Bonchev–Trinajstić information content (AvgIpc) is 2.89. The van der Waals surface area contributed by atoms with Crippen molar-refractivity contribution in [2.45, 2.75) is 76.5 Å². The lowest BCUT2D eigenvalue weighted by molar-refractivity contribution is -0.306. The molecule has 0 aromatic heterocycles. The summed E-state index contributed by atoms with van der Waals surface area (Å²) in [4.78, 5) is 11.7. The predicted octanol–water partition coefficient (Wildman–Crippen LogP) is 4.81. The monoisotopic (exact) mass is 356 g/mol. The Kier molecular flexibility index (Phi) is 3.92. The van der Waals surface area contributed by atoms with Crippen LogP contribution in [0.25, 0.3) is 0 Å². The number of carbonyl (C=O) groups excluding carboxylic acids is 1. The Hall–Kier alpha value is -0.840. The number of carbonyl (C=O) groups is 1. The van der Waals surface area contributed by atoms with Gasteiger partial charge in [0.2, 0.25) is 0 Å². The molecule has 0 aromatic carbocycles. The number of hydrogen-bond acceptors (Lipinski definition) is 2. The number of rotatable bonds is 1. The number of alkyl halides is 3. The molecule has 0 radical (unpaired) electrons. The zero-order chi connectivity index (χ0) is 18.0. The summed E-state index contributed by atoms with van der Waals surface area (Å²) < 4.78 is 41.4. The van der Waals surface area contributed by atoms with E-state index in [4.69, 9.17) is 0 Å². The van der Waals surface area contributed by atoms with Crippen molar-refractivity contribution in [1.29, 1.82) is 0 Å². The molecule has 4 aliphatic carbocycles. The number of ketones is 1. The lowest BCUT2D eigenvalue weighted by Gasteiger charge is -2.56. The molecule has 2 nitrogen and oxygen atoms in total. The molecule has 0 heterocycles. The molecule has 0 bridgehead atoms. The van der Waals surface area contributed by atoms with Crippen molar-refractivity contribution >= 4 is 5.78 Å². The van der Waals surface area contributed by atoms with Crippen LogP contribution in [-0.2, 0) is 4.79 Å². The highest BCUT2D eigenvalue weighted by molar-refractivity contribution is 5.91. The second-order valence-corrected chi connectivity index (χ2v) is 8.75. The van der Waals surface area contributed by atoms with E-state index < -0.39 is 17.2 Å². The highest BCUT2D eigenvalue weighted by Gasteiger charge is 2.72. The molecule has 1 unspecified atom stereocenters. The maximum atomic E-state index is 13.8. The molecule has 1 N–H and O–H groups in total. The van der Waals surface area contributed by atoms with E-state index in [9.17, 15) is 23.1 Å². The van der Waals surface area contributed by atoms with E-state index in [0.29, 0.717) is 37.5 Å². The molecule has 0 spiro atoms. The quantitative estimate of drug-likeness (QED) is 0.732. The molecule has 25 heavy (non-hydrogen) atoms. The molecule has 5 heteroatoms. The highest BCUT2D eigenvalue weighted by atomic mass is 19.4. The Morgan fingerprint density at radius 3 is 2.56 bits per heavy atom. The van der Waals surface area contributed by atoms with Crippen LogP contribution in [0.1, 0.15) is 64.7 Å². The molecule has 4 rings (SSSR count). The van der Waals surface area contributed by atoms with Gasteiger partial charge in [-0.15, -0.1) is 0 Å². The van der Waals surface area contributed by atoms with Crippen LogP contribution in [0.3, 0.4) is 0 Å². The molecule has 3 fully saturated rings. The Labute approximate surface area is 146 Å². The van der Waals surface area contributed by atoms with Gasteiger partial charge in [0.1, 0.15) is 0 Å². The van der Waals surface area contributed by atoms with Crippen LogP contribution in [0.4, 0.5) is 13.2 Å². The molecule has 140 valence electrons. The Balaban J connectivity index is 1.68. The van der Waals surface area contributed by atoms with Crippen molar-refractivity contribution < 1.29 is 23.1 Å². The van der Waals surface area contributed by atoms with E-state index >= 15 is 0 Å². The van der Waals surface area contributed by atoms with Gasteiger partial charge in [-0.05, 0) is 81.1 Å². The van der Waals surface area contributed by atoms with Crippen molar-refractivity contribution in [3.05, 3.63) is 11.6 Å². The molecule has 0 aromatic rings. The van der Waals surface area contributed by atoms with Crippen LogP contribution >= 0.6 is 0 Å². The van der Waals surface area contributed by atoms with Crippen molar-refractivity contribution in [2.75, 3.05) is 0 Å². The van der Waals surface area contributed by atoms with Gasteiger partial charge < -0.3 is 5.11 Å². The van der Waals surface area contributed by atoms with Gasteiger partial charge in [0, 0.05) is 11.8 Å². The number of fused-ring (bicyclic) bond motifs is 5. The van der Waals surface area contributed by atoms with Crippen molar-refractivity contribution in [1.82, 2.24) is 0 Å². The summed E-state index contributed by atoms with van der Waals surface area (Å²) in [6.45, 7) is 1.82. The fourth-order valence-corrected chi connectivity index (χ4v) is 7.17. The van der Waals surface area contributed by atoms with E-state index in [-0.39, 0.29) is 24.0 Å². The molecule has 0 aliphatic heterocycles. The first-order valence-electron chi connectivity index (χ1n) is 9.76. The minimum Gasteiger partial charge on any atom is -0.380 e. The van der Waals surface area contributed by atoms with Gasteiger partial charge >= 0.3 is 6.18 Å². The second-order valence-electron chi connectivity index (χ2n) is 8.75.